The zero-order valence-electron chi connectivity index (χ0n) is 7.52. The van der Waals surface area contributed by atoms with Crippen molar-refractivity contribution in [1.82, 2.24) is 9.80 Å². The minimum Gasteiger partial charge on any atom is -0.467 e. The molecule has 0 aliphatic carbocycles. The Kier molecular flexibility index (Phi) is 4.25. The molecule has 0 aromatic carbocycles. The van der Waals surface area contributed by atoms with Crippen molar-refractivity contribution in [3.05, 3.63) is 0 Å². The minimum atomic E-state index is 0.435. The van der Waals surface area contributed by atoms with Crippen molar-refractivity contribution in [3.8, 4) is 0 Å². The fourth-order valence-corrected chi connectivity index (χ4v) is 1.32. The van der Waals surface area contributed by atoms with Crippen LogP contribution < -0.4 is 0 Å². The van der Waals surface area contributed by atoms with Crippen LogP contribution in [-0.2, 0) is 14.3 Å². The standard InChI is InChI=1S/C8H14N2O3/c11-7-10-3-1-9(2-4-10)5-6-13-8-12/h7-8H,1-6H2. The molecule has 1 fully saturated rings. The van der Waals surface area contributed by atoms with Gasteiger partial charge in [-0.15, -0.1) is 0 Å². The number of hydrogen-bond acceptors (Lipinski definition) is 4. The third-order valence-corrected chi connectivity index (χ3v) is 2.15. The van der Waals surface area contributed by atoms with Crippen molar-refractivity contribution in [2.24, 2.45) is 0 Å². The molecule has 0 atom stereocenters. The summed E-state index contributed by atoms with van der Waals surface area (Å²) in [4.78, 5) is 24.1. The number of nitrogens with zero attached hydrogens (tertiary/aromatic N) is 2. The Morgan fingerprint density at radius 2 is 1.85 bits per heavy atom. The lowest BCUT2D eigenvalue weighted by Crippen LogP contribution is -2.46. The van der Waals surface area contributed by atoms with Crippen molar-refractivity contribution >= 4 is 12.9 Å². The quantitative estimate of drug-likeness (QED) is 0.405. The summed E-state index contributed by atoms with van der Waals surface area (Å²) in [5.74, 6) is 0. The van der Waals surface area contributed by atoms with E-state index in [2.05, 4.69) is 9.64 Å². The first kappa shape index (κ1) is 9.98. The summed E-state index contributed by atoms with van der Waals surface area (Å²) >= 11 is 0. The summed E-state index contributed by atoms with van der Waals surface area (Å²) in [5, 5.41) is 0. The van der Waals surface area contributed by atoms with Crippen LogP contribution in [0.1, 0.15) is 0 Å². The van der Waals surface area contributed by atoms with E-state index in [9.17, 15) is 9.59 Å². The summed E-state index contributed by atoms with van der Waals surface area (Å²) in [6, 6.07) is 0. The molecule has 0 aromatic rings. The van der Waals surface area contributed by atoms with Gasteiger partial charge in [-0.05, 0) is 0 Å². The van der Waals surface area contributed by atoms with Crippen LogP contribution in [0.2, 0.25) is 0 Å². The normalized spacial score (nSPS) is 18.3. The second kappa shape index (κ2) is 5.53. The molecule has 0 radical (unpaired) electrons. The van der Waals surface area contributed by atoms with Crippen LogP contribution in [0.25, 0.3) is 0 Å². The van der Waals surface area contributed by atoms with Gasteiger partial charge >= 0.3 is 0 Å². The summed E-state index contributed by atoms with van der Waals surface area (Å²) in [6.07, 6.45) is 0.874. The molecule has 1 amide bonds. The Labute approximate surface area is 77.2 Å². The Morgan fingerprint density at radius 3 is 2.38 bits per heavy atom. The van der Waals surface area contributed by atoms with Gasteiger partial charge in [-0.25, -0.2) is 0 Å². The van der Waals surface area contributed by atoms with E-state index in [0.717, 1.165) is 39.1 Å². The van der Waals surface area contributed by atoms with Crippen molar-refractivity contribution in [1.29, 1.82) is 0 Å². The largest absolute Gasteiger partial charge is 0.467 e. The third-order valence-electron chi connectivity index (χ3n) is 2.15. The zero-order valence-corrected chi connectivity index (χ0v) is 7.52. The topological polar surface area (TPSA) is 49.9 Å². The molecule has 1 aliphatic heterocycles. The minimum absolute atomic E-state index is 0.435. The maximum absolute atomic E-state index is 10.4. The van der Waals surface area contributed by atoms with Crippen LogP contribution in [0.4, 0.5) is 0 Å². The second-order valence-electron chi connectivity index (χ2n) is 2.95. The van der Waals surface area contributed by atoms with Gasteiger partial charge in [-0.3, -0.25) is 14.5 Å². The van der Waals surface area contributed by atoms with E-state index in [1.54, 1.807) is 4.90 Å². The van der Waals surface area contributed by atoms with E-state index < -0.39 is 0 Å². The molecule has 74 valence electrons. The first-order chi connectivity index (χ1) is 6.36. The highest BCUT2D eigenvalue weighted by Gasteiger charge is 2.14. The maximum atomic E-state index is 10.4. The van der Waals surface area contributed by atoms with E-state index in [1.807, 2.05) is 0 Å². The molecule has 0 saturated carbocycles. The molecule has 1 rings (SSSR count). The van der Waals surface area contributed by atoms with Crippen LogP contribution in [0, 0.1) is 0 Å². The summed E-state index contributed by atoms with van der Waals surface area (Å²) in [5.41, 5.74) is 0. The van der Waals surface area contributed by atoms with Gasteiger partial charge < -0.3 is 9.64 Å². The molecular formula is C8H14N2O3. The first-order valence-electron chi connectivity index (χ1n) is 4.34. The van der Waals surface area contributed by atoms with E-state index >= 15 is 0 Å². The lowest BCUT2D eigenvalue weighted by atomic mass is 10.3. The van der Waals surface area contributed by atoms with Crippen molar-refractivity contribution in [2.75, 3.05) is 39.3 Å². The third kappa shape index (κ3) is 3.42. The number of ether oxygens (including phenoxy) is 1. The molecule has 0 spiro atoms. The highest BCUT2D eigenvalue weighted by molar-refractivity contribution is 5.47. The SMILES string of the molecule is O=COCCN1CCN(C=O)CC1. The molecule has 0 unspecified atom stereocenters. The van der Waals surface area contributed by atoms with Gasteiger partial charge in [-0.2, -0.15) is 0 Å². The van der Waals surface area contributed by atoms with Gasteiger partial charge in [0.25, 0.3) is 6.47 Å². The van der Waals surface area contributed by atoms with Gasteiger partial charge in [0.15, 0.2) is 0 Å². The molecule has 1 saturated heterocycles. The average molecular weight is 186 g/mol. The predicted octanol–water partition coefficient (Wildman–Crippen LogP) is -1.07. The van der Waals surface area contributed by atoms with E-state index in [0.29, 0.717) is 13.1 Å². The highest BCUT2D eigenvalue weighted by atomic mass is 16.5. The molecule has 5 heteroatoms. The van der Waals surface area contributed by atoms with Crippen molar-refractivity contribution in [2.45, 2.75) is 0 Å². The Hall–Kier alpha value is -1.10. The molecule has 0 bridgehead atoms. The molecule has 1 heterocycles. The van der Waals surface area contributed by atoms with Crippen LogP contribution in [0.3, 0.4) is 0 Å². The van der Waals surface area contributed by atoms with Crippen molar-refractivity contribution in [3.63, 3.8) is 0 Å². The Balaban J connectivity index is 2.10. The van der Waals surface area contributed by atoms with Gasteiger partial charge in [0, 0.05) is 32.7 Å². The maximum Gasteiger partial charge on any atom is 0.293 e. The molecule has 13 heavy (non-hydrogen) atoms. The molecule has 5 nitrogen and oxygen atoms in total. The van der Waals surface area contributed by atoms with E-state index in [4.69, 9.17) is 0 Å². The van der Waals surface area contributed by atoms with Gasteiger partial charge in [0.1, 0.15) is 6.61 Å². The smallest absolute Gasteiger partial charge is 0.293 e. The fourth-order valence-electron chi connectivity index (χ4n) is 1.32. The van der Waals surface area contributed by atoms with Gasteiger partial charge in [0.2, 0.25) is 6.41 Å². The molecule has 0 N–H and O–H groups in total. The number of piperazine rings is 1. The number of rotatable bonds is 5. The molecular weight excluding hydrogens is 172 g/mol. The lowest BCUT2D eigenvalue weighted by molar-refractivity contribution is -0.129. The van der Waals surface area contributed by atoms with Crippen LogP contribution >= 0.6 is 0 Å². The summed E-state index contributed by atoms with van der Waals surface area (Å²) in [7, 11) is 0. The predicted molar refractivity (Wildman–Crippen MR) is 46.1 cm³/mol. The zero-order chi connectivity index (χ0) is 9.52. The van der Waals surface area contributed by atoms with E-state index in [1.165, 1.54) is 0 Å². The van der Waals surface area contributed by atoms with Crippen molar-refractivity contribution < 1.29 is 14.3 Å². The summed E-state index contributed by atoms with van der Waals surface area (Å²) < 4.78 is 4.58. The monoisotopic (exact) mass is 186 g/mol. The lowest BCUT2D eigenvalue weighted by Gasteiger charge is -2.31. The number of carbonyl (C=O) groups excluding carboxylic acids is 2. The van der Waals surface area contributed by atoms with Crippen LogP contribution in [0.5, 0.6) is 0 Å². The number of amides is 1. The van der Waals surface area contributed by atoms with Crippen LogP contribution in [-0.4, -0.2) is 62.0 Å². The van der Waals surface area contributed by atoms with Gasteiger partial charge in [0.05, 0.1) is 0 Å². The molecule has 0 aromatic heterocycles. The van der Waals surface area contributed by atoms with Gasteiger partial charge in [-0.1, -0.05) is 0 Å². The van der Waals surface area contributed by atoms with Crippen LogP contribution in [0.15, 0.2) is 0 Å². The first-order valence-corrected chi connectivity index (χ1v) is 4.34. The number of hydrogen-bond donors (Lipinski definition) is 0. The average Bonchev–Trinajstić information content (AvgIpc) is 2.19. The molecule has 1 aliphatic rings. The number of carbonyl (C=O) groups is 2. The Bertz CT molecular complexity index is 164. The second-order valence-corrected chi connectivity index (χ2v) is 2.95. The highest BCUT2D eigenvalue weighted by Crippen LogP contribution is 1.98. The van der Waals surface area contributed by atoms with E-state index in [-0.39, 0.29) is 0 Å². The Morgan fingerprint density at radius 1 is 1.15 bits per heavy atom. The summed E-state index contributed by atoms with van der Waals surface area (Å²) in [6.45, 7) is 4.91. The fraction of sp³-hybridized carbons (Fsp3) is 0.750.